The van der Waals surface area contributed by atoms with E-state index in [2.05, 4.69) is 17.2 Å². The number of alkyl carbamates (subject to hydrolysis) is 1. The molecule has 4 amide bonds. The lowest BCUT2D eigenvalue weighted by molar-refractivity contribution is -0.143. The van der Waals surface area contributed by atoms with Gasteiger partial charge in [-0.05, 0) is 59.1 Å². The molecule has 0 aliphatic carbocycles. The average molecular weight is 489 g/mol. The van der Waals surface area contributed by atoms with Gasteiger partial charge in [-0.25, -0.2) is 4.79 Å². The van der Waals surface area contributed by atoms with Crippen LogP contribution in [-0.2, 0) is 25.5 Å². The third-order valence-corrected chi connectivity index (χ3v) is 4.77. The first-order valence-electron chi connectivity index (χ1n) is 11.7. The van der Waals surface area contributed by atoms with Crippen LogP contribution in [0.1, 0.15) is 72.1 Å². The molecule has 1 aromatic carbocycles. The Bertz CT molecular complexity index is 913. The minimum absolute atomic E-state index is 0.0121. The van der Waals surface area contributed by atoms with Gasteiger partial charge in [-0.1, -0.05) is 37.3 Å². The molecular formula is C26H40N4O5. The maximum Gasteiger partial charge on any atom is 0.408 e. The Hall–Kier alpha value is -3.36. The fourth-order valence-electron chi connectivity index (χ4n) is 3.36. The predicted molar refractivity (Wildman–Crippen MR) is 135 cm³/mol. The van der Waals surface area contributed by atoms with Crippen LogP contribution in [0, 0.1) is 0 Å². The Kier molecular flexibility index (Phi) is 10.5. The fraction of sp³-hybridized carbons (Fsp3) is 0.538. The molecule has 0 saturated heterocycles. The molecule has 0 radical (unpaired) electrons. The van der Waals surface area contributed by atoms with E-state index in [9.17, 15) is 19.2 Å². The lowest BCUT2D eigenvalue weighted by Crippen LogP contribution is -2.55. The summed E-state index contributed by atoms with van der Waals surface area (Å²) in [5.74, 6) is -1.86. The zero-order valence-corrected chi connectivity index (χ0v) is 21.9. The Balaban J connectivity index is 3.48. The number of carbonyl (C=O) groups excluding carboxylic acids is 4. The van der Waals surface area contributed by atoms with Gasteiger partial charge in [-0.2, -0.15) is 0 Å². The zero-order chi connectivity index (χ0) is 27.0. The van der Waals surface area contributed by atoms with E-state index in [0.29, 0.717) is 5.56 Å². The van der Waals surface area contributed by atoms with Gasteiger partial charge in [0.15, 0.2) is 0 Å². The number of nitrogens with zero attached hydrogens (tertiary/aromatic N) is 1. The highest BCUT2D eigenvalue weighted by Crippen LogP contribution is 2.25. The van der Waals surface area contributed by atoms with Crippen LogP contribution in [0.2, 0.25) is 0 Å². The molecule has 0 heterocycles. The van der Waals surface area contributed by atoms with Gasteiger partial charge in [0.25, 0.3) is 0 Å². The summed E-state index contributed by atoms with van der Waals surface area (Å²) in [4.78, 5) is 52.6. The zero-order valence-electron chi connectivity index (χ0n) is 21.9. The van der Waals surface area contributed by atoms with E-state index in [4.69, 9.17) is 10.5 Å². The predicted octanol–water partition coefficient (Wildman–Crippen LogP) is 2.99. The number of nitrogens with one attached hydrogen (secondary N) is 2. The van der Waals surface area contributed by atoms with Crippen LogP contribution in [0.5, 0.6) is 0 Å². The number of aryl methyl sites for hydroxylation is 1. The molecule has 194 valence electrons. The maximum absolute atomic E-state index is 13.7. The highest BCUT2D eigenvalue weighted by Gasteiger charge is 2.37. The van der Waals surface area contributed by atoms with E-state index in [1.807, 2.05) is 39.8 Å². The molecule has 4 N–H and O–H groups in total. The molecule has 1 rings (SSSR count). The highest BCUT2D eigenvalue weighted by molar-refractivity contribution is 5.94. The minimum atomic E-state index is -1.33. The molecule has 0 aliphatic heterocycles. The van der Waals surface area contributed by atoms with Crippen molar-refractivity contribution in [3.8, 4) is 0 Å². The van der Waals surface area contributed by atoms with Gasteiger partial charge in [0.2, 0.25) is 17.7 Å². The molecular weight excluding hydrogens is 448 g/mol. The summed E-state index contributed by atoms with van der Waals surface area (Å²) in [5.41, 5.74) is 5.64. The monoisotopic (exact) mass is 488 g/mol. The van der Waals surface area contributed by atoms with Crippen molar-refractivity contribution in [3.05, 3.63) is 48.0 Å². The van der Waals surface area contributed by atoms with Gasteiger partial charge < -0.3 is 26.0 Å². The molecule has 2 atom stereocenters. The number of carbonyl (C=O) groups is 4. The molecule has 0 bridgehead atoms. The second-order valence-electron chi connectivity index (χ2n) is 10.4. The summed E-state index contributed by atoms with van der Waals surface area (Å²) in [6, 6.07) is 4.99. The van der Waals surface area contributed by atoms with Crippen LogP contribution in [0.3, 0.4) is 0 Å². The number of hydrogen-bond acceptors (Lipinski definition) is 5. The van der Waals surface area contributed by atoms with Gasteiger partial charge in [0, 0.05) is 12.1 Å². The average Bonchev–Trinajstić information content (AvgIpc) is 2.69. The van der Waals surface area contributed by atoms with Crippen LogP contribution in [0.15, 0.2) is 36.9 Å². The topological polar surface area (TPSA) is 131 Å². The van der Waals surface area contributed by atoms with Gasteiger partial charge in [-0.15, -0.1) is 6.58 Å². The van der Waals surface area contributed by atoms with Crippen molar-refractivity contribution in [1.82, 2.24) is 15.5 Å². The van der Waals surface area contributed by atoms with E-state index >= 15 is 0 Å². The maximum atomic E-state index is 13.7. The van der Waals surface area contributed by atoms with Crippen molar-refractivity contribution >= 4 is 23.8 Å². The quantitative estimate of drug-likeness (QED) is 0.436. The molecule has 9 heteroatoms. The summed E-state index contributed by atoms with van der Waals surface area (Å²) in [6.07, 6.45) is 0.951. The number of hydrogen-bond donors (Lipinski definition) is 3. The molecule has 9 nitrogen and oxygen atoms in total. The molecule has 1 aromatic rings. The Morgan fingerprint density at radius 1 is 1.09 bits per heavy atom. The van der Waals surface area contributed by atoms with E-state index in [0.717, 1.165) is 12.0 Å². The molecule has 0 saturated carbocycles. The number of rotatable bonds is 10. The molecule has 2 unspecified atom stereocenters. The van der Waals surface area contributed by atoms with Gasteiger partial charge in [-0.3, -0.25) is 14.4 Å². The second kappa shape index (κ2) is 12.4. The summed E-state index contributed by atoms with van der Waals surface area (Å²) in [7, 11) is 0. The normalized spacial score (nSPS) is 13.2. The first-order valence-corrected chi connectivity index (χ1v) is 11.7. The second-order valence-corrected chi connectivity index (χ2v) is 10.4. The van der Waals surface area contributed by atoms with Crippen molar-refractivity contribution in [2.24, 2.45) is 5.73 Å². The number of ether oxygens (including phenoxy) is 1. The summed E-state index contributed by atoms with van der Waals surface area (Å²) in [6.45, 7) is 16.3. The van der Waals surface area contributed by atoms with Crippen LogP contribution >= 0.6 is 0 Å². The van der Waals surface area contributed by atoms with E-state index in [1.54, 1.807) is 32.9 Å². The third kappa shape index (κ3) is 10.2. The van der Waals surface area contributed by atoms with Crippen LogP contribution < -0.4 is 16.4 Å². The smallest absolute Gasteiger partial charge is 0.408 e. The van der Waals surface area contributed by atoms with E-state index < -0.39 is 53.5 Å². The molecule has 0 fully saturated rings. The largest absolute Gasteiger partial charge is 0.444 e. The Morgan fingerprint density at radius 3 is 2.09 bits per heavy atom. The van der Waals surface area contributed by atoms with E-state index in [-0.39, 0.29) is 6.54 Å². The van der Waals surface area contributed by atoms with Gasteiger partial charge >= 0.3 is 6.09 Å². The van der Waals surface area contributed by atoms with Gasteiger partial charge in [0.05, 0.1) is 6.42 Å². The lowest BCUT2D eigenvalue weighted by atomic mass is 9.98. The Labute approximate surface area is 208 Å². The standard InChI is InChI=1S/C26H40N4O5/c1-9-15-30(23(33)19(16-20(27)31)28-24(34)35-26(6,7)8)21(22(32)29-25(3,4)5)18-13-11-17(10-2)12-14-18/h9,11-14,19,21H,1,10,15-16H2,2-8H3,(H2,27,31)(H,28,34)(H,29,32). The van der Waals surface area contributed by atoms with Crippen molar-refractivity contribution in [3.63, 3.8) is 0 Å². The minimum Gasteiger partial charge on any atom is -0.444 e. The van der Waals surface area contributed by atoms with Crippen LogP contribution in [0.4, 0.5) is 4.79 Å². The van der Waals surface area contributed by atoms with Crippen molar-refractivity contribution in [2.45, 2.75) is 84.5 Å². The number of nitrogens with two attached hydrogens (primary N) is 1. The summed E-state index contributed by atoms with van der Waals surface area (Å²) < 4.78 is 5.25. The van der Waals surface area contributed by atoms with Crippen molar-refractivity contribution < 1.29 is 23.9 Å². The first-order chi connectivity index (χ1) is 16.1. The SMILES string of the molecule is C=CCN(C(=O)C(CC(N)=O)NC(=O)OC(C)(C)C)C(C(=O)NC(C)(C)C)c1ccc(CC)cc1. The molecule has 35 heavy (non-hydrogen) atoms. The molecule has 0 spiro atoms. The van der Waals surface area contributed by atoms with Gasteiger partial charge in [0.1, 0.15) is 17.7 Å². The molecule has 0 aromatic heterocycles. The number of benzene rings is 1. The molecule has 0 aliphatic rings. The van der Waals surface area contributed by atoms with Crippen molar-refractivity contribution in [1.29, 1.82) is 0 Å². The Morgan fingerprint density at radius 2 is 1.66 bits per heavy atom. The first kappa shape index (κ1) is 29.7. The van der Waals surface area contributed by atoms with Crippen molar-refractivity contribution in [2.75, 3.05) is 6.54 Å². The third-order valence-electron chi connectivity index (χ3n) is 4.77. The van der Waals surface area contributed by atoms with E-state index in [1.165, 1.54) is 11.0 Å². The lowest BCUT2D eigenvalue weighted by Gasteiger charge is -2.35. The highest BCUT2D eigenvalue weighted by atomic mass is 16.6. The summed E-state index contributed by atoms with van der Waals surface area (Å²) >= 11 is 0. The fourth-order valence-corrected chi connectivity index (χ4v) is 3.36. The van der Waals surface area contributed by atoms with Crippen LogP contribution in [-0.4, -0.2) is 52.4 Å². The number of primary amides is 1. The summed E-state index contributed by atoms with van der Waals surface area (Å²) in [5, 5.41) is 5.36. The number of amides is 4. The van der Waals surface area contributed by atoms with Crippen LogP contribution in [0.25, 0.3) is 0 Å².